The van der Waals surface area contributed by atoms with Crippen LogP contribution in [-0.4, -0.2) is 66.6 Å². The van der Waals surface area contributed by atoms with Crippen LogP contribution in [0.5, 0.6) is 0 Å². The van der Waals surface area contributed by atoms with Gasteiger partial charge in [0.05, 0.1) is 0 Å². The molecule has 0 aromatic rings. The van der Waals surface area contributed by atoms with Gasteiger partial charge >= 0.3 is 0 Å². The number of carbonyl (C=O) groups is 1. The van der Waals surface area contributed by atoms with Crippen molar-refractivity contribution in [3.8, 4) is 0 Å². The molecule has 0 radical (unpaired) electrons. The Balaban J connectivity index is 2.69. The van der Waals surface area contributed by atoms with Crippen LogP contribution in [0.4, 0.5) is 0 Å². The van der Waals surface area contributed by atoms with Crippen LogP contribution in [-0.2, 0) is 4.79 Å². The molecule has 1 fully saturated rings. The number of rotatable bonds is 5. The first-order valence-corrected chi connectivity index (χ1v) is 6.70. The number of hydrogen-bond acceptors (Lipinski definition) is 4. The number of carbonyl (C=O) groups excluding carboxylic acids is 1. The third kappa shape index (κ3) is 3.43. The number of nitrogens with two attached hydrogens (primary N) is 1. The first-order chi connectivity index (χ1) is 8.21. The van der Waals surface area contributed by atoms with Crippen molar-refractivity contribution in [1.29, 1.82) is 0 Å². The molecule has 0 bridgehead atoms. The van der Waals surface area contributed by atoms with Crippen LogP contribution in [0, 0.1) is 0 Å². The lowest BCUT2D eigenvalue weighted by molar-refractivity contribution is -0.125. The second-order valence-corrected chi connectivity index (χ2v) is 6.17. The minimum absolute atomic E-state index is 0.142. The number of hydrogen-bond donors (Lipinski definition) is 2. The summed E-state index contributed by atoms with van der Waals surface area (Å²) >= 11 is 0. The Labute approximate surface area is 111 Å². The highest BCUT2D eigenvalue weighted by Crippen LogP contribution is 2.20. The van der Waals surface area contributed by atoms with Crippen LogP contribution < -0.4 is 11.1 Å². The smallest absolute Gasteiger partial charge is 0.238 e. The fraction of sp³-hybridized carbons (Fsp3) is 0.923. The summed E-state index contributed by atoms with van der Waals surface area (Å²) in [4.78, 5) is 16.3. The molecule has 1 aliphatic heterocycles. The van der Waals surface area contributed by atoms with Gasteiger partial charge in [0.25, 0.3) is 0 Å². The monoisotopic (exact) mass is 256 g/mol. The summed E-state index contributed by atoms with van der Waals surface area (Å²) in [5, 5.41) is 3.21. The fourth-order valence-corrected chi connectivity index (χ4v) is 2.53. The predicted molar refractivity (Wildman–Crippen MR) is 74.4 cm³/mol. The molecule has 5 nitrogen and oxygen atoms in total. The molecule has 0 saturated carbocycles. The van der Waals surface area contributed by atoms with Gasteiger partial charge in [0, 0.05) is 31.7 Å². The normalized spacial score (nSPS) is 24.7. The minimum Gasteiger partial charge on any atom is -0.368 e. The van der Waals surface area contributed by atoms with Gasteiger partial charge < -0.3 is 11.1 Å². The largest absolute Gasteiger partial charge is 0.368 e. The average Bonchev–Trinajstić information content (AvgIpc) is 2.23. The molecule has 1 unspecified atom stereocenters. The summed E-state index contributed by atoms with van der Waals surface area (Å²) in [6, 6.07) is 0. The second-order valence-electron chi connectivity index (χ2n) is 6.17. The van der Waals surface area contributed by atoms with Gasteiger partial charge in [-0.15, -0.1) is 0 Å². The Bertz CT molecular complexity index is 305. The van der Waals surface area contributed by atoms with Crippen LogP contribution >= 0.6 is 0 Å². The lowest BCUT2D eigenvalue weighted by atomic mass is 9.95. The summed E-state index contributed by atoms with van der Waals surface area (Å²) < 4.78 is 0. The first-order valence-electron chi connectivity index (χ1n) is 6.70. The van der Waals surface area contributed by atoms with Crippen molar-refractivity contribution in [1.82, 2.24) is 15.1 Å². The number of likely N-dealkylation sites (N-methyl/N-ethyl adjacent to an activating group) is 2. The van der Waals surface area contributed by atoms with E-state index in [0.29, 0.717) is 6.54 Å². The Morgan fingerprint density at radius 2 is 2.06 bits per heavy atom. The predicted octanol–water partition coefficient (Wildman–Crippen LogP) is -0.134. The van der Waals surface area contributed by atoms with E-state index in [1.165, 1.54) is 0 Å². The number of primary amides is 1. The van der Waals surface area contributed by atoms with E-state index in [9.17, 15) is 4.79 Å². The van der Waals surface area contributed by atoms with Crippen molar-refractivity contribution in [2.75, 3.05) is 39.8 Å². The number of piperazine rings is 1. The molecule has 1 saturated heterocycles. The molecule has 0 spiro atoms. The standard InChI is InChI=1S/C13H28N4O/c1-6-15-13(4,11(14)18)10-17-8-7-16(5)12(2,3)9-17/h15H,6-10H2,1-5H3,(H2,14,18). The van der Waals surface area contributed by atoms with Gasteiger partial charge in [-0.25, -0.2) is 0 Å². The van der Waals surface area contributed by atoms with E-state index >= 15 is 0 Å². The highest BCUT2D eigenvalue weighted by molar-refractivity contribution is 5.84. The Hall–Kier alpha value is -0.650. The Morgan fingerprint density at radius 1 is 1.44 bits per heavy atom. The van der Waals surface area contributed by atoms with Crippen LogP contribution in [0.1, 0.15) is 27.7 Å². The number of nitrogens with zero attached hydrogens (tertiary/aromatic N) is 2. The second kappa shape index (κ2) is 5.55. The third-order valence-corrected chi connectivity index (χ3v) is 4.05. The molecule has 1 heterocycles. The maximum absolute atomic E-state index is 11.6. The van der Waals surface area contributed by atoms with E-state index in [4.69, 9.17) is 5.73 Å². The lowest BCUT2D eigenvalue weighted by Crippen LogP contribution is -2.64. The molecule has 1 rings (SSSR count). The van der Waals surface area contributed by atoms with Crippen LogP contribution in [0.2, 0.25) is 0 Å². The molecule has 1 aliphatic rings. The Kier molecular flexibility index (Phi) is 4.75. The molecule has 5 heteroatoms. The van der Waals surface area contributed by atoms with Gasteiger partial charge in [-0.3, -0.25) is 14.6 Å². The van der Waals surface area contributed by atoms with Gasteiger partial charge in [-0.05, 0) is 34.4 Å². The van der Waals surface area contributed by atoms with Crippen molar-refractivity contribution in [2.45, 2.75) is 38.8 Å². The first kappa shape index (κ1) is 15.4. The van der Waals surface area contributed by atoms with Crippen molar-refractivity contribution in [2.24, 2.45) is 5.73 Å². The minimum atomic E-state index is -0.638. The van der Waals surface area contributed by atoms with Gasteiger partial charge in [-0.1, -0.05) is 6.92 Å². The Morgan fingerprint density at radius 3 is 2.50 bits per heavy atom. The molecule has 1 atom stereocenters. The summed E-state index contributed by atoms with van der Waals surface area (Å²) in [6.07, 6.45) is 0. The molecule has 0 aromatic heterocycles. The fourth-order valence-electron chi connectivity index (χ4n) is 2.53. The van der Waals surface area contributed by atoms with E-state index in [0.717, 1.165) is 26.2 Å². The van der Waals surface area contributed by atoms with Crippen LogP contribution in [0.25, 0.3) is 0 Å². The molecule has 0 aliphatic carbocycles. The van der Waals surface area contributed by atoms with E-state index in [-0.39, 0.29) is 11.4 Å². The molecule has 3 N–H and O–H groups in total. The summed E-state index contributed by atoms with van der Waals surface area (Å²) in [6.45, 7) is 12.7. The molecule has 1 amide bonds. The average molecular weight is 256 g/mol. The van der Waals surface area contributed by atoms with Crippen molar-refractivity contribution < 1.29 is 4.79 Å². The molecule has 0 aromatic carbocycles. The van der Waals surface area contributed by atoms with E-state index < -0.39 is 5.54 Å². The SMILES string of the molecule is CCNC(C)(CN1CCN(C)C(C)(C)C1)C(N)=O. The quantitative estimate of drug-likeness (QED) is 0.719. The van der Waals surface area contributed by atoms with Gasteiger partial charge in [-0.2, -0.15) is 0 Å². The zero-order valence-electron chi connectivity index (χ0n) is 12.4. The van der Waals surface area contributed by atoms with E-state index in [1.54, 1.807) is 0 Å². The van der Waals surface area contributed by atoms with Crippen LogP contribution in [0.3, 0.4) is 0 Å². The van der Waals surface area contributed by atoms with E-state index in [1.807, 2.05) is 13.8 Å². The summed E-state index contributed by atoms with van der Waals surface area (Å²) in [5.41, 5.74) is 5.03. The topological polar surface area (TPSA) is 61.6 Å². The summed E-state index contributed by atoms with van der Waals surface area (Å²) in [7, 11) is 2.15. The molecule has 106 valence electrons. The highest BCUT2D eigenvalue weighted by atomic mass is 16.1. The zero-order chi connectivity index (χ0) is 14.0. The zero-order valence-corrected chi connectivity index (χ0v) is 12.4. The van der Waals surface area contributed by atoms with Gasteiger partial charge in [0.15, 0.2) is 0 Å². The molecule has 18 heavy (non-hydrogen) atoms. The van der Waals surface area contributed by atoms with Crippen molar-refractivity contribution >= 4 is 5.91 Å². The number of amides is 1. The molecular weight excluding hydrogens is 228 g/mol. The highest BCUT2D eigenvalue weighted by Gasteiger charge is 2.37. The lowest BCUT2D eigenvalue weighted by Gasteiger charge is -2.47. The maximum atomic E-state index is 11.6. The molecular formula is C13H28N4O. The summed E-state index contributed by atoms with van der Waals surface area (Å²) in [5.74, 6) is -0.277. The van der Waals surface area contributed by atoms with Crippen molar-refractivity contribution in [3.05, 3.63) is 0 Å². The van der Waals surface area contributed by atoms with Crippen molar-refractivity contribution in [3.63, 3.8) is 0 Å². The van der Waals surface area contributed by atoms with Gasteiger partial charge in [0.1, 0.15) is 5.54 Å². The van der Waals surface area contributed by atoms with Crippen LogP contribution in [0.15, 0.2) is 0 Å². The number of nitrogens with one attached hydrogen (secondary N) is 1. The van der Waals surface area contributed by atoms with E-state index in [2.05, 4.69) is 36.0 Å². The van der Waals surface area contributed by atoms with Gasteiger partial charge in [0.2, 0.25) is 5.91 Å². The third-order valence-electron chi connectivity index (χ3n) is 4.05. The maximum Gasteiger partial charge on any atom is 0.238 e.